The molecule has 0 aromatic heterocycles. The molecule has 0 radical (unpaired) electrons. The van der Waals surface area contributed by atoms with E-state index in [1.165, 1.54) is 12.2 Å². The molecule has 13 nitrogen and oxygen atoms in total. The first-order valence-electron chi connectivity index (χ1n) is 10.8. The number of rotatable bonds is 18. The zero-order chi connectivity index (χ0) is 25.0. The third kappa shape index (κ3) is 8.17. The molecule has 1 aliphatic carbocycles. The van der Waals surface area contributed by atoms with E-state index in [0.29, 0.717) is 33.0 Å². The van der Waals surface area contributed by atoms with Crippen molar-refractivity contribution in [3.8, 4) is 0 Å². The van der Waals surface area contributed by atoms with Gasteiger partial charge in [-0.25, -0.2) is 0 Å². The zero-order valence-corrected chi connectivity index (χ0v) is 18.6. The Labute approximate surface area is 195 Å². The third-order valence-corrected chi connectivity index (χ3v) is 5.20. The quantitative estimate of drug-likeness (QED) is 0.107. The van der Waals surface area contributed by atoms with Crippen molar-refractivity contribution in [2.24, 2.45) is 5.41 Å². The molecule has 0 spiro atoms. The number of hydrogen-bond donors (Lipinski definition) is 2. The zero-order valence-electron chi connectivity index (χ0n) is 18.6. The van der Waals surface area contributed by atoms with E-state index in [1.54, 1.807) is 0 Å². The van der Waals surface area contributed by atoms with Gasteiger partial charge in [-0.2, -0.15) is 0 Å². The Morgan fingerprint density at radius 3 is 1.71 bits per heavy atom. The van der Waals surface area contributed by atoms with Gasteiger partial charge in [0.15, 0.2) is 5.41 Å². The lowest BCUT2D eigenvalue weighted by atomic mass is 9.66. The topological polar surface area (TPSA) is 175 Å². The Morgan fingerprint density at radius 2 is 1.24 bits per heavy atom. The van der Waals surface area contributed by atoms with Gasteiger partial charge in [-0.1, -0.05) is 0 Å². The van der Waals surface area contributed by atoms with Crippen molar-refractivity contribution in [1.82, 2.24) is 4.90 Å². The lowest BCUT2D eigenvalue weighted by molar-refractivity contribution is -0.189. The van der Waals surface area contributed by atoms with E-state index in [9.17, 15) is 24.0 Å². The molecule has 0 saturated heterocycles. The third-order valence-electron chi connectivity index (χ3n) is 5.20. The summed E-state index contributed by atoms with van der Waals surface area (Å²) >= 11 is 0. The van der Waals surface area contributed by atoms with E-state index >= 15 is 0 Å². The molecule has 2 aliphatic rings. The first kappa shape index (κ1) is 27.4. The van der Waals surface area contributed by atoms with Crippen molar-refractivity contribution in [3.63, 3.8) is 0 Å². The molecule has 13 heteroatoms. The van der Waals surface area contributed by atoms with Crippen LogP contribution in [0.3, 0.4) is 0 Å². The predicted octanol–water partition coefficient (Wildman–Crippen LogP) is -0.771. The summed E-state index contributed by atoms with van der Waals surface area (Å²) in [6.07, 6.45) is 1.19. The van der Waals surface area contributed by atoms with Gasteiger partial charge >= 0.3 is 17.9 Å². The van der Waals surface area contributed by atoms with E-state index in [0.717, 1.165) is 4.90 Å². The van der Waals surface area contributed by atoms with Crippen LogP contribution < -0.4 is 0 Å². The minimum atomic E-state index is -1.87. The first-order chi connectivity index (χ1) is 16.3. The van der Waals surface area contributed by atoms with Crippen LogP contribution in [0.1, 0.15) is 19.3 Å². The lowest BCUT2D eigenvalue weighted by Crippen LogP contribution is -2.53. The number of esters is 1. The van der Waals surface area contributed by atoms with Crippen LogP contribution in [0, 0.1) is 5.41 Å². The molecular weight excluding hydrogens is 458 g/mol. The predicted molar refractivity (Wildman–Crippen MR) is 111 cm³/mol. The number of carbonyl (C=O) groups is 5. The van der Waals surface area contributed by atoms with Gasteiger partial charge in [0.1, 0.15) is 6.10 Å². The van der Waals surface area contributed by atoms with Gasteiger partial charge in [0, 0.05) is 25.0 Å². The summed E-state index contributed by atoms with van der Waals surface area (Å²) in [4.78, 5) is 57.6. The highest BCUT2D eigenvalue weighted by Crippen LogP contribution is 2.43. The summed E-state index contributed by atoms with van der Waals surface area (Å²) in [5, 5.41) is 18.0. The second-order valence-corrected chi connectivity index (χ2v) is 7.57. The number of nitrogens with zero attached hydrogens (tertiary/aromatic N) is 1. The number of amides is 2. The molecule has 0 unspecified atom stereocenters. The Balaban J connectivity index is 1.33. The fourth-order valence-corrected chi connectivity index (χ4v) is 3.21. The average molecular weight is 487 g/mol. The fourth-order valence-electron chi connectivity index (χ4n) is 3.21. The molecule has 0 bridgehead atoms. The standard InChI is InChI=1S/C21H29NO12/c23-16-1-2-17(24)22(16)4-6-31-8-10-33-12-11-32-9-7-30-5-3-18(25)34-15-13-21(14-15,19(26)27)20(28)29/h1-2,15H,3-14H2,(H,26,27)(H,28,29). The van der Waals surface area contributed by atoms with Crippen molar-refractivity contribution in [1.29, 1.82) is 0 Å². The molecule has 2 N–H and O–H groups in total. The smallest absolute Gasteiger partial charge is 0.321 e. The molecule has 1 aliphatic heterocycles. The Hall–Kier alpha value is -2.87. The molecular formula is C21H29NO12. The van der Waals surface area contributed by atoms with Gasteiger partial charge in [-0.3, -0.25) is 28.9 Å². The van der Waals surface area contributed by atoms with E-state index in [2.05, 4.69) is 0 Å². The number of carbonyl (C=O) groups excluding carboxylic acids is 3. The molecule has 0 atom stereocenters. The summed E-state index contributed by atoms with van der Waals surface area (Å²) < 4.78 is 26.2. The number of aliphatic carboxylic acids is 2. The maximum absolute atomic E-state index is 11.7. The first-order valence-corrected chi connectivity index (χ1v) is 10.8. The normalized spacial score (nSPS) is 17.1. The number of imide groups is 1. The second kappa shape index (κ2) is 13.7. The average Bonchev–Trinajstić information content (AvgIpc) is 3.07. The van der Waals surface area contributed by atoms with E-state index in [4.69, 9.17) is 33.9 Å². The van der Waals surface area contributed by atoms with Crippen LogP contribution in [-0.4, -0.2) is 110 Å². The van der Waals surface area contributed by atoms with Gasteiger partial charge in [0.05, 0.1) is 65.8 Å². The summed E-state index contributed by atoms with van der Waals surface area (Å²) in [6, 6.07) is 0. The molecule has 2 amide bonds. The van der Waals surface area contributed by atoms with Gasteiger partial charge in [0.25, 0.3) is 11.8 Å². The lowest BCUT2D eigenvalue weighted by Gasteiger charge is -2.39. The van der Waals surface area contributed by atoms with Crippen LogP contribution in [0.4, 0.5) is 0 Å². The minimum Gasteiger partial charge on any atom is -0.480 e. The maximum atomic E-state index is 11.7. The summed E-state index contributed by atoms with van der Waals surface area (Å²) in [5.74, 6) is -4.13. The molecule has 0 aromatic carbocycles. The number of ether oxygens (including phenoxy) is 5. The minimum absolute atomic E-state index is 0.0383. The van der Waals surface area contributed by atoms with E-state index in [-0.39, 0.29) is 57.4 Å². The van der Waals surface area contributed by atoms with Gasteiger partial charge in [-0.05, 0) is 0 Å². The van der Waals surface area contributed by atoms with Gasteiger partial charge in [-0.15, -0.1) is 0 Å². The number of carboxylic acids is 2. The molecule has 34 heavy (non-hydrogen) atoms. The number of hydrogen-bond acceptors (Lipinski definition) is 10. The van der Waals surface area contributed by atoms with E-state index < -0.39 is 29.4 Å². The van der Waals surface area contributed by atoms with Crippen LogP contribution in [0.2, 0.25) is 0 Å². The molecule has 1 heterocycles. The monoisotopic (exact) mass is 487 g/mol. The van der Waals surface area contributed by atoms with Crippen LogP contribution >= 0.6 is 0 Å². The van der Waals surface area contributed by atoms with Crippen LogP contribution in [0.15, 0.2) is 12.2 Å². The van der Waals surface area contributed by atoms with Gasteiger partial charge < -0.3 is 33.9 Å². The van der Waals surface area contributed by atoms with Crippen molar-refractivity contribution in [3.05, 3.63) is 12.2 Å². The summed E-state index contributed by atoms with van der Waals surface area (Å²) in [6.45, 7) is 2.41. The van der Waals surface area contributed by atoms with Crippen molar-refractivity contribution >= 4 is 29.7 Å². The molecule has 2 rings (SSSR count). The summed E-state index contributed by atoms with van der Waals surface area (Å²) in [5.41, 5.74) is -1.87. The largest absolute Gasteiger partial charge is 0.480 e. The van der Waals surface area contributed by atoms with Crippen molar-refractivity contribution < 1.29 is 57.9 Å². The second-order valence-electron chi connectivity index (χ2n) is 7.57. The molecule has 1 fully saturated rings. The Morgan fingerprint density at radius 1 is 0.794 bits per heavy atom. The highest BCUT2D eigenvalue weighted by atomic mass is 16.6. The number of carboxylic acid groups (broad SMARTS) is 2. The Kier molecular flexibility index (Phi) is 11.1. The molecule has 0 aromatic rings. The van der Waals surface area contributed by atoms with Gasteiger partial charge in [0.2, 0.25) is 0 Å². The maximum Gasteiger partial charge on any atom is 0.321 e. The van der Waals surface area contributed by atoms with Crippen LogP contribution in [-0.2, 0) is 47.7 Å². The van der Waals surface area contributed by atoms with Crippen LogP contribution in [0.5, 0.6) is 0 Å². The highest BCUT2D eigenvalue weighted by Gasteiger charge is 2.58. The summed E-state index contributed by atoms with van der Waals surface area (Å²) in [7, 11) is 0. The molecule has 190 valence electrons. The van der Waals surface area contributed by atoms with Crippen molar-refractivity contribution in [2.75, 3.05) is 59.4 Å². The fraction of sp³-hybridized carbons (Fsp3) is 0.667. The van der Waals surface area contributed by atoms with Crippen LogP contribution in [0.25, 0.3) is 0 Å². The van der Waals surface area contributed by atoms with E-state index in [1.807, 2.05) is 0 Å². The molecule has 1 saturated carbocycles. The van der Waals surface area contributed by atoms with Crippen molar-refractivity contribution in [2.45, 2.75) is 25.4 Å². The highest BCUT2D eigenvalue weighted by molar-refractivity contribution is 6.12. The SMILES string of the molecule is O=C(CCOCCOCCOCCOCCN1C(=O)C=CC1=O)OC1CC(C(=O)O)(C(=O)O)C1. The Bertz CT molecular complexity index is 740.